The first kappa shape index (κ1) is 8.93. The van der Waals surface area contributed by atoms with E-state index in [1.54, 1.807) is 5.56 Å². The first-order valence-corrected chi connectivity index (χ1v) is 6.05. The lowest BCUT2D eigenvalue weighted by Crippen LogP contribution is -2.12. The van der Waals surface area contributed by atoms with Crippen LogP contribution in [0.2, 0.25) is 0 Å². The van der Waals surface area contributed by atoms with Crippen LogP contribution in [-0.2, 0) is 11.8 Å². The third kappa shape index (κ3) is 0.986. The molecule has 2 aliphatic carbocycles. The Kier molecular flexibility index (Phi) is 1.80. The van der Waals surface area contributed by atoms with Crippen LogP contribution in [0.15, 0.2) is 22.7 Å². The molecule has 0 bridgehead atoms. The van der Waals surface area contributed by atoms with Crippen molar-refractivity contribution in [3.05, 3.63) is 33.8 Å². The minimum atomic E-state index is 0.480. The predicted molar refractivity (Wildman–Crippen MR) is 61.3 cm³/mol. The van der Waals surface area contributed by atoms with Gasteiger partial charge in [0, 0.05) is 9.89 Å². The van der Waals surface area contributed by atoms with Crippen molar-refractivity contribution in [2.45, 2.75) is 24.7 Å². The van der Waals surface area contributed by atoms with Crippen molar-refractivity contribution in [3.63, 3.8) is 0 Å². The molecular weight excluding hydrogens is 238 g/mol. The maximum absolute atomic E-state index is 5.77. The molecule has 0 radical (unpaired) electrons. The molecule has 1 spiro atoms. The van der Waals surface area contributed by atoms with Gasteiger partial charge in [0.1, 0.15) is 0 Å². The van der Waals surface area contributed by atoms with Crippen molar-refractivity contribution < 1.29 is 0 Å². The largest absolute Gasteiger partial charge is 0.330 e. The summed E-state index contributed by atoms with van der Waals surface area (Å²) in [7, 11) is 0. The van der Waals surface area contributed by atoms with E-state index in [-0.39, 0.29) is 0 Å². The Balaban J connectivity index is 2.08. The van der Waals surface area contributed by atoms with Gasteiger partial charge in [-0.25, -0.2) is 0 Å². The topological polar surface area (TPSA) is 26.0 Å². The van der Waals surface area contributed by atoms with Crippen LogP contribution >= 0.6 is 15.9 Å². The summed E-state index contributed by atoms with van der Waals surface area (Å²) in [5.74, 6) is 0.748. The van der Waals surface area contributed by atoms with Gasteiger partial charge in [-0.15, -0.1) is 0 Å². The van der Waals surface area contributed by atoms with Crippen LogP contribution in [0, 0.1) is 5.92 Å². The van der Waals surface area contributed by atoms with E-state index in [2.05, 4.69) is 34.1 Å². The lowest BCUT2D eigenvalue weighted by atomic mass is 9.95. The highest BCUT2D eigenvalue weighted by Gasteiger charge is 2.57. The summed E-state index contributed by atoms with van der Waals surface area (Å²) in [6, 6.07) is 6.60. The van der Waals surface area contributed by atoms with Gasteiger partial charge in [0.15, 0.2) is 0 Å². The number of hydrogen-bond acceptors (Lipinski definition) is 1. The quantitative estimate of drug-likeness (QED) is 0.816. The average Bonchev–Trinajstić information content (AvgIpc) is 2.77. The van der Waals surface area contributed by atoms with Crippen LogP contribution in [0.3, 0.4) is 0 Å². The van der Waals surface area contributed by atoms with E-state index >= 15 is 0 Å². The van der Waals surface area contributed by atoms with Crippen LogP contribution < -0.4 is 5.73 Å². The Morgan fingerprint density at radius 1 is 1.50 bits per heavy atom. The van der Waals surface area contributed by atoms with Crippen LogP contribution in [0.4, 0.5) is 0 Å². The summed E-state index contributed by atoms with van der Waals surface area (Å²) in [4.78, 5) is 0. The molecule has 1 fully saturated rings. The lowest BCUT2D eigenvalue weighted by molar-refractivity contribution is 0.601. The second-order valence-corrected chi connectivity index (χ2v) is 5.41. The Hall–Kier alpha value is -0.340. The highest BCUT2D eigenvalue weighted by Crippen LogP contribution is 2.61. The van der Waals surface area contributed by atoms with Gasteiger partial charge in [-0.2, -0.15) is 0 Å². The summed E-state index contributed by atoms with van der Waals surface area (Å²) in [5.41, 5.74) is 9.35. The van der Waals surface area contributed by atoms with E-state index in [4.69, 9.17) is 5.73 Å². The number of benzene rings is 1. The third-order valence-electron chi connectivity index (χ3n) is 3.99. The van der Waals surface area contributed by atoms with E-state index in [0.29, 0.717) is 5.41 Å². The maximum Gasteiger partial charge on any atom is 0.0210 e. The molecule has 2 heteroatoms. The van der Waals surface area contributed by atoms with E-state index in [1.165, 1.54) is 29.3 Å². The Morgan fingerprint density at radius 3 is 3.07 bits per heavy atom. The van der Waals surface area contributed by atoms with Gasteiger partial charge in [-0.05, 0) is 48.9 Å². The minimum Gasteiger partial charge on any atom is -0.330 e. The van der Waals surface area contributed by atoms with E-state index in [0.717, 1.165) is 12.5 Å². The molecule has 0 amide bonds. The number of hydrogen-bond donors (Lipinski definition) is 1. The second-order valence-electron chi connectivity index (χ2n) is 4.56. The van der Waals surface area contributed by atoms with Crippen molar-refractivity contribution in [2.24, 2.45) is 11.7 Å². The zero-order valence-electron chi connectivity index (χ0n) is 8.09. The lowest BCUT2D eigenvalue weighted by Gasteiger charge is -2.10. The van der Waals surface area contributed by atoms with Crippen LogP contribution in [0.1, 0.15) is 24.0 Å². The molecule has 14 heavy (non-hydrogen) atoms. The van der Waals surface area contributed by atoms with Crippen LogP contribution in [-0.4, -0.2) is 6.54 Å². The normalized spacial score (nSPS) is 33.4. The Labute approximate surface area is 92.8 Å². The zero-order valence-corrected chi connectivity index (χ0v) is 9.68. The summed E-state index contributed by atoms with van der Waals surface area (Å²) in [5, 5.41) is 0. The van der Waals surface area contributed by atoms with Gasteiger partial charge in [-0.3, -0.25) is 0 Å². The molecule has 0 heterocycles. The van der Waals surface area contributed by atoms with Gasteiger partial charge >= 0.3 is 0 Å². The maximum atomic E-state index is 5.77. The number of halogens is 1. The van der Waals surface area contributed by atoms with Gasteiger partial charge in [0.25, 0.3) is 0 Å². The summed E-state index contributed by atoms with van der Waals surface area (Å²) in [6.07, 6.45) is 3.85. The predicted octanol–water partition coefficient (Wildman–Crippen LogP) is 2.61. The van der Waals surface area contributed by atoms with Crippen molar-refractivity contribution in [1.29, 1.82) is 0 Å². The molecule has 1 aromatic carbocycles. The molecule has 1 nitrogen and oxygen atoms in total. The first-order chi connectivity index (χ1) is 6.78. The second kappa shape index (κ2) is 2.83. The molecule has 2 unspecified atom stereocenters. The summed E-state index contributed by atoms with van der Waals surface area (Å²) >= 11 is 3.64. The fourth-order valence-electron chi connectivity index (χ4n) is 3.09. The van der Waals surface area contributed by atoms with E-state index in [9.17, 15) is 0 Å². The fraction of sp³-hybridized carbons (Fsp3) is 0.500. The van der Waals surface area contributed by atoms with Crippen LogP contribution in [0.25, 0.3) is 0 Å². The molecule has 1 saturated carbocycles. The molecule has 2 aliphatic rings. The molecule has 0 saturated heterocycles. The molecule has 74 valence electrons. The van der Waals surface area contributed by atoms with Gasteiger partial charge in [0.05, 0.1) is 0 Å². The third-order valence-corrected chi connectivity index (χ3v) is 4.74. The SMILES string of the molecule is NCC1CC12CCc1c(Br)cccc12. The molecule has 3 rings (SSSR count). The molecule has 2 atom stereocenters. The van der Waals surface area contributed by atoms with Gasteiger partial charge < -0.3 is 5.73 Å². The minimum absolute atomic E-state index is 0.480. The zero-order chi connectivity index (χ0) is 9.76. The standard InChI is InChI=1S/C12H14BrN/c13-11-3-1-2-10-9(11)4-5-12(10)6-8(12)7-14/h1-3,8H,4-7,14H2. The fourth-order valence-corrected chi connectivity index (χ4v) is 3.65. The van der Waals surface area contributed by atoms with Gasteiger partial charge in [-0.1, -0.05) is 28.1 Å². The summed E-state index contributed by atoms with van der Waals surface area (Å²) in [6.45, 7) is 0.853. The molecule has 2 N–H and O–H groups in total. The molecular formula is C12H14BrN. The highest BCUT2D eigenvalue weighted by atomic mass is 79.9. The van der Waals surface area contributed by atoms with E-state index < -0.39 is 0 Å². The average molecular weight is 252 g/mol. The van der Waals surface area contributed by atoms with E-state index in [1.807, 2.05) is 0 Å². The Morgan fingerprint density at radius 2 is 2.36 bits per heavy atom. The van der Waals surface area contributed by atoms with Crippen molar-refractivity contribution in [3.8, 4) is 0 Å². The summed E-state index contributed by atoms with van der Waals surface area (Å²) < 4.78 is 1.29. The number of rotatable bonds is 1. The molecule has 1 aromatic rings. The van der Waals surface area contributed by atoms with Crippen molar-refractivity contribution in [1.82, 2.24) is 0 Å². The molecule has 0 aromatic heterocycles. The van der Waals surface area contributed by atoms with Crippen LogP contribution in [0.5, 0.6) is 0 Å². The Bertz CT molecular complexity index is 388. The van der Waals surface area contributed by atoms with Crippen molar-refractivity contribution >= 4 is 15.9 Å². The smallest absolute Gasteiger partial charge is 0.0210 e. The first-order valence-electron chi connectivity index (χ1n) is 5.26. The van der Waals surface area contributed by atoms with Gasteiger partial charge in [0.2, 0.25) is 0 Å². The number of fused-ring (bicyclic) bond motifs is 2. The monoisotopic (exact) mass is 251 g/mol. The van der Waals surface area contributed by atoms with Crippen molar-refractivity contribution in [2.75, 3.05) is 6.54 Å². The number of nitrogens with two attached hydrogens (primary N) is 1. The highest BCUT2D eigenvalue weighted by molar-refractivity contribution is 9.10. The molecule has 0 aliphatic heterocycles.